The first-order valence-electron chi connectivity index (χ1n) is 8.06. The number of ether oxygens (including phenoxy) is 1. The lowest BCUT2D eigenvalue weighted by atomic mass is 10.1. The molecule has 0 saturated heterocycles. The smallest absolute Gasteiger partial charge is 0.344 e. The Morgan fingerprint density at radius 3 is 2.60 bits per heavy atom. The molecule has 7 heteroatoms. The molecule has 0 radical (unpaired) electrons. The molecule has 0 bridgehead atoms. The van der Waals surface area contributed by atoms with Crippen molar-refractivity contribution in [2.24, 2.45) is 0 Å². The van der Waals surface area contributed by atoms with Gasteiger partial charge in [-0.15, -0.1) is 10.2 Å². The van der Waals surface area contributed by atoms with Crippen molar-refractivity contribution < 1.29 is 18.5 Å². The molecule has 0 aliphatic heterocycles. The third kappa shape index (κ3) is 3.45. The van der Waals surface area contributed by atoms with Crippen LogP contribution in [-0.4, -0.2) is 21.3 Å². The van der Waals surface area contributed by atoms with Crippen molar-refractivity contribution in [1.82, 2.24) is 15.4 Å². The number of rotatable bonds is 5. The summed E-state index contributed by atoms with van der Waals surface area (Å²) in [6, 6.07) is 7.72. The van der Waals surface area contributed by atoms with E-state index in [4.69, 9.17) is 13.7 Å². The molecule has 0 spiro atoms. The summed E-state index contributed by atoms with van der Waals surface area (Å²) in [5, 5.41) is 11.9. The molecule has 0 N–H and O–H groups in total. The number of aromatic nitrogens is 3. The minimum absolute atomic E-state index is 0.232. The van der Waals surface area contributed by atoms with Gasteiger partial charge in [0, 0.05) is 5.56 Å². The Labute approximate surface area is 145 Å². The van der Waals surface area contributed by atoms with E-state index in [1.807, 2.05) is 38.1 Å². The van der Waals surface area contributed by atoms with E-state index in [2.05, 4.69) is 15.4 Å². The maximum Gasteiger partial charge on any atom is 0.344 e. The van der Waals surface area contributed by atoms with Gasteiger partial charge in [0.25, 0.3) is 5.89 Å². The third-order valence-corrected chi connectivity index (χ3v) is 3.84. The Hall–Kier alpha value is -2.96. The van der Waals surface area contributed by atoms with E-state index >= 15 is 0 Å². The van der Waals surface area contributed by atoms with Gasteiger partial charge in [-0.3, -0.25) is 0 Å². The van der Waals surface area contributed by atoms with Gasteiger partial charge >= 0.3 is 5.97 Å². The first-order valence-corrected chi connectivity index (χ1v) is 8.06. The first kappa shape index (κ1) is 16.9. The number of nitrogens with zero attached hydrogens (tertiary/aromatic N) is 3. The summed E-state index contributed by atoms with van der Waals surface area (Å²) in [5.74, 6) is 0.530. The largest absolute Gasteiger partial charge is 0.449 e. The van der Waals surface area contributed by atoms with E-state index in [0.717, 1.165) is 11.1 Å². The predicted molar refractivity (Wildman–Crippen MR) is 88.9 cm³/mol. The molecule has 2 heterocycles. The molecule has 25 heavy (non-hydrogen) atoms. The molecule has 1 aromatic carbocycles. The van der Waals surface area contributed by atoms with E-state index in [1.54, 1.807) is 13.8 Å². The van der Waals surface area contributed by atoms with Crippen LogP contribution in [0.25, 0.3) is 11.5 Å². The molecular weight excluding hydrogens is 322 g/mol. The van der Waals surface area contributed by atoms with Crippen molar-refractivity contribution >= 4 is 5.97 Å². The van der Waals surface area contributed by atoms with Crippen molar-refractivity contribution in [3.05, 3.63) is 52.7 Å². The van der Waals surface area contributed by atoms with E-state index in [0.29, 0.717) is 29.3 Å². The fraction of sp³-hybridized carbons (Fsp3) is 0.333. The Balaban J connectivity index is 1.75. The summed E-state index contributed by atoms with van der Waals surface area (Å²) >= 11 is 0. The number of carbonyl (C=O) groups excluding carboxylic acids is 1. The van der Waals surface area contributed by atoms with Gasteiger partial charge in [-0.2, -0.15) is 0 Å². The number of esters is 1. The number of hydrogen-bond acceptors (Lipinski definition) is 7. The molecule has 3 rings (SSSR count). The summed E-state index contributed by atoms with van der Waals surface area (Å²) in [5.41, 5.74) is 2.88. The van der Waals surface area contributed by atoms with Crippen LogP contribution in [0.4, 0.5) is 0 Å². The van der Waals surface area contributed by atoms with Gasteiger partial charge in [-0.25, -0.2) is 4.79 Å². The van der Waals surface area contributed by atoms with Crippen LogP contribution in [0.3, 0.4) is 0 Å². The van der Waals surface area contributed by atoms with Gasteiger partial charge in [0.1, 0.15) is 11.3 Å². The lowest BCUT2D eigenvalue weighted by molar-refractivity contribution is 0.0277. The van der Waals surface area contributed by atoms with Crippen LogP contribution in [0.15, 0.2) is 33.2 Å². The molecule has 1 atom stereocenters. The van der Waals surface area contributed by atoms with Crippen molar-refractivity contribution in [3.8, 4) is 11.5 Å². The van der Waals surface area contributed by atoms with E-state index in [1.165, 1.54) is 0 Å². The highest BCUT2D eigenvalue weighted by atomic mass is 16.6. The van der Waals surface area contributed by atoms with Crippen LogP contribution in [0.2, 0.25) is 0 Å². The van der Waals surface area contributed by atoms with Crippen LogP contribution >= 0.6 is 0 Å². The summed E-state index contributed by atoms with van der Waals surface area (Å²) in [4.78, 5) is 12.4. The van der Waals surface area contributed by atoms with Crippen LogP contribution < -0.4 is 0 Å². The number of hydrogen-bond donors (Lipinski definition) is 0. The molecule has 0 saturated carbocycles. The van der Waals surface area contributed by atoms with E-state index < -0.39 is 12.1 Å². The molecule has 0 aliphatic carbocycles. The average molecular weight is 341 g/mol. The van der Waals surface area contributed by atoms with Crippen LogP contribution in [-0.2, 0) is 11.2 Å². The quantitative estimate of drug-likeness (QED) is 0.651. The van der Waals surface area contributed by atoms with Gasteiger partial charge < -0.3 is 13.7 Å². The second-order valence-electron chi connectivity index (χ2n) is 5.77. The van der Waals surface area contributed by atoms with Gasteiger partial charge in [0.15, 0.2) is 6.10 Å². The molecule has 7 nitrogen and oxygen atoms in total. The standard InChI is InChI=1S/C18H19N3O4/c1-5-14-15(11(3)25-21-14)18(22)23-12(4)16-19-20-17(24-16)13-8-6-10(2)7-9-13/h6-9,12H,5H2,1-4H3. The Kier molecular flexibility index (Phi) is 4.65. The predicted octanol–water partition coefficient (Wildman–Crippen LogP) is 3.82. The Morgan fingerprint density at radius 1 is 1.20 bits per heavy atom. The Bertz CT molecular complexity index is 880. The molecule has 1 unspecified atom stereocenters. The third-order valence-electron chi connectivity index (χ3n) is 3.84. The maximum absolute atomic E-state index is 12.4. The minimum Gasteiger partial charge on any atom is -0.449 e. The van der Waals surface area contributed by atoms with Crippen LogP contribution in [0.5, 0.6) is 0 Å². The van der Waals surface area contributed by atoms with Crippen molar-refractivity contribution in [3.63, 3.8) is 0 Å². The molecule has 0 amide bonds. The summed E-state index contributed by atoms with van der Waals surface area (Å²) in [6.45, 7) is 7.25. The molecule has 2 aromatic heterocycles. The minimum atomic E-state index is -0.682. The van der Waals surface area contributed by atoms with E-state index in [-0.39, 0.29) is 5.89 Å². The molecule has 130 valence electrons. The SMILES string of the molecule is CCc1noc(C)c1C(=O)OC(C)c1nnc(-c2ccc(C)cc2)o1. The molecule has 0 fully saturated rings. The zero-order chi connectivity index (χ0) is 18.0. The lowest BCUT2D eigenvalue weighted by Gasteiger charge is -2.09. The number of carbonyl (C=O) groups is 1. The van der Waals surface area contributed by atoms with E-state index in [9.17, 15) is 4.79 Å². The normalized spacial score (nSPS) is 12.2. The highest BCUT2D eigenvalue weighted by molar-refractivity contribution is 5.91. The number of aryl methyl sites for hydroxylation is 3. The molecular formula is C18H19N3O4. The second kappa shape index (κ2) is 6.88. The summed E-state index contributed by atoms with van der Waals surface area (Å²) < 4.78 is 16.1. The highest BCUT2D eigenvalue weighted by Crippen LogP contribution is 2.24. The van der Waals surface area contributed by atoms with Gasteiger partial charge in [-0.05, 0) is 39.3 Å². The van der Waals surface area contributed by atoms with Crippen LogP contribution in [0, 0.1) is 13.8 Å². The van der Waals surface area contributed by atoms with Crippen molar-refractivity contribution in [2.45, 2.75) is 40.2 Å². The summed E-state index contributed by atoms with van der Waals surface area (Å²) in [7, 11) is 0. The monoisotopic (exact) mass is 341 g/mol. The summed E-state index contributed by atoms with van der Waals surface area (Å²) in [6.07, 6.45) is -0.105. The maximum atomic E-state index is 12.4. The van der Waals surface area contributed by atoms with Gasteiger partial charge in [0.05, 0.1) is 5.69 Å². The fourth-order valence-electron chi connectivity index (χ4n) is 2.40. The average Bonchev–Trinajstić information content (AvgIpc) is 3.22. The molecule has 0 aliphatic rings. The fourth-order valence-corrected chi connectivity index (χ4v) is 2.40. The van der Waals surface area contributed by atoms with Crippen molar-refractivity contribution in [2.75, 3.05) is 0 Å². The highest BCUT2D eigenvalue weighted by Gasteiger charge is 2.25. The second-order valence-corrected chi connectivity index (χ2v) is 5.77. The van der Waals surface area contributed by atoms with Gasteiger partial charge in [0.2, 0.25) is 5.89 Å². The lowest BCUT2D eigenvalue weighted by Crippen LogP contribution is -2.11. The number of benzene rings is 1. The molecule has 3 aromatic rings. The first-order chi connectivity index (χ1) is 12.0. The van der Waals surface area contributed by atoms with Gasteiger partial charge in [-0.1, -0.05) is 29.8 Å². The topological polar surface area (TPSA) is 91.2 Å². The van der Waals surface area contributed by atoms with Crippen LogP contribution in [0.1, 0.15) is 53.2 Å². The zero-order valence-electron chi connectivity index (χ0n) is 14.6. The zero-order valence-corrected chi connectivity index (χ0v) is 14.6. The Morgan fingerprint density at radius 2 is 1.92 bits per heavy atom. The van der Waals surface area contributed by atoms with Crippen molar-refractivity contribution in [1.29, 1.82) is 0 Å².